The Balaban J connectivity index is 2.05. The van der Waals surface area contributed by atoms with E-state index in [1.807, 2.05) is 0 Å². The van der Waals surface area contributed by atoms with Gasteiger partial charge in [-0.3, -0.25) is 0 Å². The van der Waals surface area contributed by atoms with Crippen molar-refractivity contribution in [2.75, 3.05) is 31.3 Å². The van der Waals surface area contributed by atoms with E-state index >= 15 is 0 Å². The monoisotopic (exact) mass is 221 g/mol. The first-order valence-corrected chi connectivity index (χ1v) is 6.09. The van der Waals surface area contributed by atoms with Gasteiger partial charge in [-0.1, -0.05) is 0 Å². The number of hydrogen-bond acceptors (Lipinski definition) is 5. The molecule has 0 aliphatic carbocycles. The Morgan fingerprint density at radius 1 is 1.50 bits per heavy atom. The summed E-state index contributed by atoms with van der Waals surface area (Å²) in [6.07, 6.45) is 0.427. The van der Waals surface area contributed by atoms with Crippen LogP contribution in [0.15, 0.2) is 0 Å². The van der Waals surface area contributed by atoms with Crippen LogP contribution in [0.25, 0.3) is 0 Å². The smallest absolute Gasteiger partial charge is 0.0861 e. The number of ether oxygens (including phenoxy) is 1. The van der Waals surface area contributed by atoms with Gasteiger partial charge in [0.1, 0.15) is 0 Å². The maximum atomic E-state index is 9.10. The minimum Gasteiger partial charge on any atom is -0.394 e. The van der Waals surface area contributed by atoms with Crippen LogP contribution in [-0.2, 0) is 4.74 Å². The minimum absolute atomic E-state index is 0.147. The molecule has 1 aliphatic rings. The summed E-state index contributed by atoms with van der Waals surface area (Å²) in [5.74, 6) is 1.84. The topological polar surface area (TPSA) is 75.7 Å². The molecule has 0 aromatic carbocycles. The fraction of sp³-hybridized carbons (Fsp3) is 1.00. The molecule has 1 fully saturated rings. The van der Waals surface area contributed by atoms with E-state index in [9.17, 15) is 0 Å². The van der Waals surface area contributed by atoms with Crippen LogP contribution in [0.2, 0.25) is 0 Å². The van der Waals surface area contributed by atoms with E-state index in [4.69, 9.17) is 20.7 Å². The molecular formula is C9H19NO3S. The highest BCUT2D eigenvalue weighted by Gasteiger charge is 2.22. The molecule has 4 N–H and O–H groups in total. The number of nitrogens with two attached hydrogens (primary N) is 1. The molecule has 0 aromatic rings. The zero-order valence-electron chi connectivity index (χ0n) is 8.26. The van der Waals surface area contributed by atoms with Crippen LogP contribution in [0, 0.1) is 5.92 Å². The largest absolute Gasteiger partial charge is 0.394 e. The predicted molar refractivity (Wildman–Crippen MR) is 57.3 cm³/mol. The Morgan fingerprint density at radius 2 is 2.29 bits per heavy atom. The van der Waals surface area contributed by atoms with Crippen LogP contribution < -0.4 is 5.73 Å². The Kier molecular flexibility index (Phi) is 5.81. The number of thioether (sulfide) groups is 1. The molecule has 0 bridgehead atoms. The van der Waals surface area contributed by atoms with Gasteiger partial charge >= 0.3 is 0 Å². The lowest BCUT2D eigenvalue weighted by Gasteiger charge is -2.17. The van der Waals surface area contributed by atoms with E-state index in [0.717, 1.165) is 25.4 Å². The van der Waals surface area contributed by atoms with Crippen LogP contribution in [-0.4, -0.2) is 53.7 Å². The molecule has 1 rings (SSSR count). The maximum absolute atomic E-state index is 9.10. The fourth-order valence-corrected chi connectivity index (χ4v) is 2.48. The second-order valence-electron chi connectivity index (χ2n) is 3.66. The van der Waals surface area contributed by atoms with Gasteiger partial charge in [0.25, 0.3) is 0 Å². The fourth-order valence-electron chi connectivity index (χ4n) is 1.42. The molecule has 1 saturated heterocycles. The van der Waals surface area contributed by atoms with Crippen LogP contribution in [0.5, 0.6) is 0 Å². The molecular weight excluding hydrogens is 202 g/mol. The van der Waals surface area contributed by atoms with Crippen LogP contribution in [0.3, 0.4) is 0 Å². The molecule has 3 unspecified atom stereocenters. The first-order valence-electron chi connectivity index (χ1n) is 4.94. The molecule has 0 amide bonds. The molecule has 84 valence electrons. The quantitative estimate of drug-likeness (QED) is 0.560. The summed E-state index contributed by atoms with van der Waals surface area (Å²) >= 11 is 1.59. The second-order valence-corrected chi connectivity index (χ2v) is 4.74. The van der Waals surface area contributed by atoms with Crippen LogP contribution >= 0.6 is 11.8 Å². The van der Waals surface area contributed by atoms with E-state index < -0.39 is 6.10 Å². The van der Waals surface area contributed by atoms with Crippen molar-refractivity contribution in [2.24, 2.45) is 11.7 Å². The van der Waals surface area contributed by atoms with Gasteiger partial charge in [0.05, 0.1) is 19.3 Å². The van der Waals surface area contributed by atoms with Gasteiger partial charge in [-0.05, 0) is 6.42 Å². The van der Waals surface area contributed by atoms with Gasteiger partial charge < -0.3 is 20.7 Å². The van der Waals surface area contributed by atoms with Gasteiger partial charge in [0, 0.05) is 30.1 Å². The van der Waals surface area contributed by atoms with E-state index in [1.54, 1.807) is 11.8 Å². The van der Waals surface area contributed by atoms with Crippen molar-refractivity contribution in [1.82, 2.24) is 0 Å². The molecule has 4 nitrogen and oxygen atoms in total. The van der Waals surface area contributed by atoms with E-state index in [2.05, 4.69) is 0 Å². The minimum atomic E-state index is -0.618. The molecule has 0 saturated carbocycles. The third-order valence-corrected chi connectivity index (χ3v) is 3.64. The van der Waals surface area contributed by atoms with E-state index in [0.29, 0.717) is 11.7 Å². The Hall–Kier alpha value is 0.190. The molecule has 0 radical (unpaired) electrons. The summed E-state index contributed by atoms with van der Waals surface area (Å²) in [4.78, 5) is 0. The molecule has 5 heteroatoms. The van der Waals surface area contributed by atoms with Gasteiger partial charge in [0.2, 0.25) is 0 Å². The van der Waals surface area contributed by atoms with Gasteiger partial charge in [-0.2, -0.15) is 11.8 Å². The van der Waals surface area contributed by atoms with Gasteiger partial charge in [0.15, 0.2) is 0 Å². The summed E-state index contributed by atoms with van der Waals surface area (Å²) in [6.45, 7) is 1.42. The highest BCUT2D eigenvalue weighted by Crippen LogP contribution is 2.18. The number of rotatable bonds is 6. The van der Waals surface area contributed by atoms with Crippen LogP contribution in [0.4, 0.5) is 0 Å². The standard InChI is InChI=1S/C9H19NO3S/c10-9(7-1-2-13-4-7)6-14-5-8(12)3-11/h7-9,11-12H,1-6,10H2. The summed E-state index contributed by atoms with van der Waals surface area (Å²) in [6, 6.07) is 0.147. The average Bonchev–Trinajstić information content (AvgIpc) is 2.70. The van der Waals surface area contributed by atoms with Gasteiger partial charge in [-0.15, -0.1) is 0 Å². The van der Waals surface area contributed by atoms with Crippen molar-refractivity contribution in [3.8, 4) is 0 Å². The molecule has 14 heavy (non-hydrogen) atoms. The van der Waals surface area contributed by atoms with Crippen molar-refractivity contribution >= 4 is 11.8 Å². The first-order chi connectivity index (χ1) is 6.74. The SMILES string of the molecule is NC(CSCC(O)CO)C1CCOC1. The highest BCUT2D eigenvalue weighted by molar-refractivity contribution is 7.99. The lowest BCUT2D eigenvalue weighted by Crippen LogP contribution is -2.33. The summed E-state index contributed by atoms with van der Waals surface area (Å²) in [5.41, 5.74) is 5.96. The van der Waals surface area contributed by atoms with Crippen molar-refractivity contribution in [2.45, 2.75) is 18.6 Å². The van der Waals surface area contributed by atoms with Gasteiger partial charge in [-0.25, -0.2) is 0 Å². The Morgan fingerprint density at radius 3 is 2.86 bits per heavy atom. The Labute approximate surface area is 88.8 Å². The summed E-state index contributed by atoms with van der Waals surface area (Å²) in [7, 11) is 0. The lowest BCUT2D eigenvalue weighted by atomic mass is 10.0. The summed E-state index contributed by atoms with van der Waals surface area (Å²) < 4.78 is 5.25. The predicted octanol–water partition coefficient (Wildman–Crippen LogP) is -0.563. The molecule has 3 atom stereocenters. The molecule has 1 aliphatic heterocycles. The Bertz CT molecular complexity index is 153. The third-order valence-electron chi connectivity index (χ3n) is 2.40. The number of hydrogen-bond donors (Lipinski definition) is 3. The van der Waals surface area contributed by atoms with Crippen LogP contribution in [0.1, 0.15) is 6.42 Å². The molecule has 0 spiro atoms. The van der Waals surface area contributed by atoms with Crippen molar-refractivity contribution in [3.63, 3.8) is 0 Å². The van der Waals surface area contributed by atoms with Crippen molar-refractivity contribution in [1.29, 1.82) is 0 Å². The zero-order chi connectivity index (χ0) is 10.4. The lowest BCUT2D eigenvalue weighted by molar-refractivity contribution is 0.113. The first kappa shape index (κ1) is 12.3. The third kappa shape index (κ3) is 4.14. The van der Waals surface area contributed by atoms with Crippen molar-refractivity contribution in [3.05, 3.63) is 0 Å². The van der Waals surface area contributed by atoms with Crippen molar-refractivity contribution < 1.29 is 14.9 Å². The summed E-state index contributed by atoms with van der Waals surface area (Å²) in [5, 5.41) is 17.7. The zero-order valence-corrected chi connectivity index (χ0v) is 9.08. The molecule has 0 aromatic heterocycles. The molecule has 1 heterocycles. The normalized spacial score (nSPS) is 26.4. The average molecular weight is 221 g/mol. The second kappa shape index (κ2) is 6.63. The maximum Gasteiger partial charge on any atom is 0.0861 e. The van der Waals surface area contributed by atoms with E-state index in [-0.39, 0.29) is 12.6 Å². The number of aliphatic hydroxyl groups excluding tert-OH is 2. The highest BCUT2D eigenvalue weighted by atomic mass is 32.2. The van der Waals surface area contributed by atoms with E-state index in [1.165, 1.54) is 0 Å². The number of aliphatic hydroxyl groups is 2.